The molecule has 0 spiro atoms. The molecule has 0 amide bonds. The maximum absolute atomic E-state index is 11.9. The summed E-state index contributed by atoms with van der Waals surface area (Å²) in [6.45, 7) is 1.60. The molecular weight excluding hydrogens is 237 g/mol. The smallest absolute Gasteiger partial charge is 0.406 e. The van der Waals surface area contributed by atoms with E-state index in [0.29, 0.717) is 0 Å². The molecule has 0 bridgehead atoms. The molecule has 1 atom stereocenters. The number of carbonyl (C=O) groups is 1. The predicted octanol–water partition coefficient (Wildman–Crippen LogP) is 2.54. The minimum atomic E-state index is -4.80. The van der Waals surface area contributed by atoms with E-state index in [0.717, 1.165) is 12.1 Å². The number of rotatable bonds is 4. The number of ketones is 1. The number of ether oxygens (including phenoxy) is 1. The second-order valence-electron chi connectivity index (χ2n) is 3.36. The monoisotopic (exact) mass is 248 g/mol. The maximum Gasteiger partial charge on any atom is 0.573 e. The molecule has 94 valence electrons. The van der Waals surface area contributed by atoms with Gasteiger partial charge in [0.25, 0.3) is 0 Å². The van der Waals surface area contributed by atoms with Gasteiger partial charge >= 0.3 is 6.36 Å². The van der Waals surface area contributed by atoms with E-state index in [9.17, 15) is 23.1 Å². The highest BCUT2D eigenvalue weighted by atomic mass is 19.4. The second kappa shape index (κ2) is 5.18. The molecule has 17 heavy (non-hydrogen) atoms. The van der Waals surface area contributed by atoms with E-state index in [1.807, 2.05) is 0 Å². The summed E-state index contributed by atoms with van der Waals surface area (Å²) in [5, 5.41) is 9.29. The molecule has 0 radical (unpaired) electrons. The van der Waals surface area contributed by atoms with Crippen LogP contribution in [0.1, 0.15) is 23.7 Å². The lowest BCUT2D eigenvalue weighted by Gasteiger charge is -2.11. The standard InChI is InChI=1S/C11H11F3O3/c1-2-9(15)10(16)7-4-3-5-8(6-7)17-11(12,13)14/h3-6,9,15H,2H2,1H3. The van der Waals surface area contributed by atoms with E-state index in [1.54, 1.807) is 6.92 Å². The number of benzene rings is 1. The number of carbonyl (C=O) groups excluding carboxylic acids is 1. The first-order chi connectivity index (χ1) is 7.83. The number of hydrogen-bond acceptors (Lipinski definition) is 3. The molecule has 0 aliphatic heterocycles. The molecule has 1 aromatic carbocycles. The summed E-state index contributed by atoms with van der Waals surface area (Å²) in [5.41, 5.74) is -0.0129. The third kappa shape index (κ3) is 4.07. The van der Waals surface area contributed by atoms with Crippen molar-refractivity contribution >= 4 is 5.78 Å². The van der Waals surface area contributed by atoms with Crippen LogP contribution in [0.25, 0.3) is 0 Å². The lowest BCUT2D eigenvalue weighted by atomic mass is 10.0. The molecule has 1 N–H and O–H groups in total. The Morgan fingerprint density at radius 1 is 1.47 bits per heavy atom. The lowest BCUT2D eigenvalue weighted by Crippen LogP contribution is -2.20. The highest BCUT2D eigenvalue weighted by Crippen LogP contribution is 2.23. The van der Waals surface area contributed by atoms with Crippen molar-refractivity contribution in [3.8, 4) is 5.75 Å². The Balaban J connectivity index is 2.90. The third-order valence-corrected chi connectivity index (χ3v) is 2.04. The van der Waals surface area contributed by atoms with Crippen molar-refractivity contribution in [2.24, 2.45) is 0 Å². The number of alkyl halides is 3. The van der Waals surface area contributed by atoms with Gasteiger partial charge in [-0.05, 0) is 18.6 Å². The quantitative estimate of drug-likeness (QED) is 0.833. The first-order valence-corrected chi connectivity index (χ1v) is 4.91. The third-order valence-electron chi connectivity index (χ3n) is 2.04. The topological polar surface area (TPSA) is 46.5 Å². The molecule has 6 heteroatoms. The van der Waals surface area contributed by atoms with Gasteiger partial charge in [-0.25, -0.2) is 0 Å². The highest BCUT2D eigenvalue weighted by Gasteiger charge is 2.31. The van der Waals surface area contributed by atoms with Crippen LogP contribution < -0.4 is 4.74 Å². The van der Waals surface area contributed by atoms with Gasteiger partial charge in [0.1, 0.15) is 11.9 Å². The molecule has 3 nitrogen and oxygen atoms in total. The molecule has 0 saturated carbocycles. The molecule has 1 aromatic rings. The molecular formula is C11H11F3O3. The van der Waals surface area contributed by atoms with Crippen molar-refractivity contribution in [3.05, 3.63) is 29.8 Å². The Bertz CT molecular complexity index is 401. The first kappa shape index (κ1) is 13.5. The zero-order chi connectivity index (χ0) is 13.1. The minimum absolute atomic E-state index is 0.0129. The van der Waals surface area contributed by atoms with Crippen molar-refractivity contribution in [1.29, 1.82) is 0 Å². The molecule has 0 fully saturated rings. The summed E-state index contributed by atoms with van der Waals surface area (Å²) in [5.74, 6) is -1.10. The molecule has 1 rings (SSSR count). The number of Topliss-reactive ketones (excluding diaryl/α,β-unsaturated/α-hetero) is 1. The number of hydrogen-bond donors (Lipinski definition) is 1. The maximum atomic E-state index is 11.9. The Kier molecular flexibility index (Phi) is 4.11. The van der Waals surface area contributed by atoms with Gasteiger partial charge in [-0.2, -0.15) is 0 Å². The summed E-state index contributed by atoms with van der Waals surface area (Å²) >= 11 is 0. The fourth-order valence-electron chi connectivity index (χ4n) is 1.22. The zero-order valence-electron chi connectivity index (χ0n) is 8.99. The average Bonchev–Trinajstić information content (AvgIpc) is 2.25. The minimum Gasteiger partial charge on any atom is -0.406 e. The summed E-state index contributed by atoms with van der Waals surface area (Å²) in [7, 11) is 0. The summed E-state index contributed by atoms with van der Waals surface area (Å²) < 4.78 is 39.5. The number of aliphatic hydroxyl groups is 1. The van der Waals surface area contributed by atoms with Gasteiger partial charge in [0.2, 0.25) is 0 Å². The van der Waals surface area contributed by atoms with Gasteiger partial charge in [0.15, 0.2) is 5.78 Å². The van der Waals surface area contributed by atoms with E-state index >= 15 is 0 Å². The van der Waals surface area contributed by atoms with Crippen molar-refractivity contribution in [2.45, 2.75) is 25.8 Å². The predicted molar refractivity (Wildman–Crippen MR) is 53.8 cm³/mol. The summed E-state index contributed by atoms with van der Waals surface area (Å²) in [6, 6.07) is 4.62. The van der Waals surface area contributed by atoms with Crippen LogP contribution in [0.3, 0.4) is 0 Å². The van der Waals surface area contributed by atoms with E-state index < -0.39 is 24.0 Å². The van der Waals surface area contributed by atoms with E-state index in [4.69, 9.17) is 0 Å². The highest BCUT2D eigenvalue weighted by molar-refractivity contribution is 5.99. The molecule has 0 heterocycles. The van der Waals surface area contributed by atoms with Crippen LogP contribution in [0.5, 0.6) is 5.75 Å². The summed E-state index contributed by atoms with van der Waals surface area (Å²) in [4.78, 5) is 11.5. The average molecular weight is 248 g/mol. The van der Waals surface area contributed by atoms with E-state index in [1.165, 1.54) is 12.1 Å². The van der Waals surface area contributed by atoms with Gasteiger partial charge in [-0.1, -0.05) is 19.1 Å². The van der Waals surface area contributed by atoms with Crippen LogP contribution in [-0.2, 0) is 0 Å². The number of halogens is 3. The molecule has 0 aliphatic rings. The summed E-state index contributed by atoms with van der Waals surface area (Å²) in [6.07, 6.45) is -5.81. The first-order valence-electron chi connectivity index (χ1n) is 4.91. The molecule has 0 aliphatic carbocycles. The van der Waals surface area contributed by atoms with Crippen LogP contribution in [0, 0.1) is 0 Å². The zero-order valence-corrected chi connectivity index (χ0v) is 8.99. The molecule has 0 saturated heterocycles. The van der Waals surface area contributed by atoms with Gasteiger partial charge < -0.3 is 9.84 Å². The van der Waals surface area contributed by atoms with Gasteiger partial charge in [-0.3, -0.25) is 4.79 Å². The Labute approximate surface area is 95.8 Å². The van der Waals surface area contributed by atoms with E-state index in [-0.39, 0.29) is 12.0 Å². The molecule has 0 aromatic heterocycles. The van der Waals surface area contributed by atoms with Crippen molar-refractivity contribution in [2.75, 3.05) is 0 Å². The van der Waals surface area contributed by atoms with Crippen LogP contribution in [0.4, 0.5) is 13.2 Å². The Morgan fingerprint density at radius 3 is 2.65 bits per heavy atom. The largest absolute Gasteiger partial charge is 0.573 e. The Hall–Kier alpha value is -1.56. The van der Waals surface area contributed by atoms with Crippen molar-refractivity contribution < 1.29 is 27.8 Å². The fourth-order valence-corrected chi connectivity index (χ4v) is 1.22. The van der Waals surface area contributed by atoms with Gasteiger partial charge in [0.05, 0.1) is 0 Å². The second-order valence-corrected chi connectivity index (χ2v) is 3.36. The van der Waals surface area contributed by atoms with E-state index in [2.05, 4.69) is 4.74 Å². The Morgan fingerprint density at radius 2 is 2.12 bits per heavy atom. The van der Waals surface area contributed by atoms with Gasteiger partial charge in [0, 0.05) is 5.56 Å². The van der Waals surface area contributed by atoms with Gasteiger partial charge in [-0.15, -0.1) is 13.2 Å². The van der Waals surface area contributed by atoms with Crippen molar-refractivity contribution in [1.82, 2.24) is 0 Å². The lowest BCUT2D eigenvalue weighted by molar-refractivity contribution is -0.274. The SMILES string of the molecule is CCC(O)C(=O)c1cccc(OC(F)(F)F)c1. The van der Waals surface area contributed by atoms with Crippen LogP contribution in [0.2, 0.25) is 0 Å². The fraction of sp³-hybridized carbons (Fsp3) is 0.364. The number of aliphatic hydroxyl groups excluding tert-OH is 1. The van der Waals surface area contributed by atoms with Crippen LogP contribution in [-0.4, -0.2) is 23.4 Å². The van der Waals surface area contributed by atoms with Crippen LogP contribution >= 0.6 is 0 Å². The van der Waals surface area contributed by atoms with Crippen molar-refractivity contribution in [3.63, 3.8) is 0 Å². The van der Waals surface area contributed by atoms with Crippen LogP contribution in [0.15, 0.2) is 24.3 Å². The molecule has 1 unspecified atom stereocenters. The normalized spacial score (nSPS) is 13.2.